The lowest BCUT2D eigenvalue weighted by Crippen LogP contribution is -2.18. The van der Waals surface area contributed by atoms with Gasteiger partial charge >= 0.3 is 0 Å². The minimum Gasteiger partial charge on any atom is -0.0919 e. The molecule has 0 aromatic carbocycles. The number of rotatable bonds is 2. The van der Waals surface area contributed by atoms with Crippen LogP contribution in [-0.4, -0.2) is 10.7 Å². The molecule has 0 fully saturated rings. The maximum absolute atomic E-state index is 3.53. The highest BCUT2D eigenvalue weighted by Crippen LogP contribution is 2.33. The van der Waals surface area contributed by atoms with Gasteiger partial charge in [-0.05, 0) is 11.8 Å². The molecule has 0 aliphatic heterocycles. The molecule has 0 aromatic rings. The van der Waals surface area contributed by atoms with Gasteiger partial charge in [-0.25, -0.2) is 0 Å². The molecule has 0 bridgehead atoms. The molecule has 1 aliphatic carbocycles. The highest BCUT2D eigenvalue weighted by Gasteiger charge is 2.22. The van der Waals surface area contributed by atoms with Crippen molar-refractivity contribution in [2.75, 3.05) is 10.7 Å². The summed E-state index contributed by atoms with van der Waals surface area (Å²) in [6.07, 6.45) is 7.79. The van der Waals surface area contributed by atoms with E-state index in [0.717, 1.165) is 10.7 Å². The van der Waals surface area contributed by atoms with Gasteiger partial charge in [-0.2, -0.15) is 0 Å². The van der Waals surface area contributed by atoms with Crippen molar-refractivity contribution in [3.05, 3.63) is 23.8 Å². The van der Waals surface area contributed by atoms with E-state index in [-0.39, 0.29) is 0 Å². The second-order valence-corrected chi connectivity index (χ2v) is 4.40. The van der Waals surface area contributed by atoms with Gasteiger partial charge in [-0.15, -0.1) is 0 Å². The summed E-state index contributed by atoms with van der Waals surface area (Å²) in [7, 11) is 0. The van der Waals surface area contributed by atoms with E-state index in [1.54, 1.807) is 0 Å². The number of allylic oxidation sites excluding steroid dienone is 4. The molecule has 0 aromatic heterocycles. The van der Waals surface area contributed by atoms with Crippen molar-refractivity contribution in [3.63, 3.8) is 0 Å². The molecule has 0 radical (unpaired) electrons. The Hall–Kier alpha value is 0.440. The topological polar surface area (TPSA) is 0 Å². The molecule has 1 unspecified atom stereocenters. The minimum absolute atomic E-state index is 0.331. The van der Waals surface area contributed by atoms with Crippen LogP contribution in [0, 0.1) is 5.41 Å². The Kier molecular flexibility index (Phi) is 3.38. The van der Waals surface area contributed by atoms with Gasteiger partial charge in [0.25, 0.3) is 0 Å². The summed E-state index contributed by atoms with van der Waals surface area (Å²) in [6, 6.07) is 0. The molecule has 62 valence electrons. The smallest absolute Gasteiger partial charge is 0.0245 e. The van der Waals surface area contributed by atoms with Crippen LogP contribution < -0.4 is 0 Å². The Morgan fingerprint density at radius 3 is 2.82 bits per heavy atom. The lowest BCUT2D eigenvalue weighted by molar-refractivity contribution is 0.485. The molecule has 0 saturated heterocycles. The molecule has 0 nitrogen and oxygen atoms in total. The van der Waals surface area contributed by atoms with Gasteiger partial charge in [-0.1, -0.05) is 62.6 Å². The fourth-order valence-corrected chi connectivity index (χ4v) is 2.01. The highest BCUT2D eigenvalue weighted by atomic mass is 79.9. The van der Waals surface area contributed by atoms with Crippen LogP contribution in [0.25, 0.3) is 0 Å². The standard InChI is InChI=1S/C9H12Br2/c1-9(7-11)4-2-3-8(5-9)6-10/h2-4H,5-7H2,1H3. The fraction of sp³-hybridized carbons (Fsp3) is 0.556. The minimum atomic E-state index is 0.331. The molecule has 11 heavy (non-hydrogen) atoms. The van der Waals surface area contributed by atoms with Crippen molar-refractivity contribution in [1.29, 1.82) is 0 Å². The van der Waals surface area contributed by atoms with Crippen LogP contribution in [0.5, 0.6) is 0 Å². The average Bonchev–Trinajstić information content (AvgIpc) is 2.05. The summed E-state index contributed by atoms with van der Waals surface area (Å²) < 4.78 is 0. The van der Waals surface area contributed by atoms with Gasteiger partial charge in [0.1, 0.15) is 0 Å². The summed E-state index contributed by atoms with van der Waals surface area (Å²) in [5, 5.41) is 2.04. The second kappa shape index (κ2) is 3.90. The van der Waals surface area contributed by atoms with Gasteiger partial charge in [-0.3, -0.25) is 0 Å². The van der Waals surface area contributed by atoms with Crippen molar-refractivity contribution in [1.82, 2.24) is 0 Å². The normalized spacial score (nSPS) is 30.3. The van der Waals surface area contributed by atoms with Crippen LogP contribution >= 0.6 is 31.9 Å². The van der Waals surface area contributed by atoms with E-state index in [4.69, 9.17) is 0 Å². The zero-order valence-corrected chi connectivity index (χ0v) is 9.78. The number of hydrogen-bond donors (Lipinski definition) is 0. The lowest BCUT2D eigenvalue weighted by Gasteiger charge is -2.26. The van der Waals surface area contributed by atoms with Crippen molar-refractivity contribution in [3.8, 4) is 0 Å². The Morgan fingerprint density at radius 2 is 2.27 bits per heavy atom. The second-order valence-electron chi connectivity index (χ2n) is 3.28. The Bertz CT molecular complexity index is 194. The predicted octanol–water partition coefficient (Wildman–Crippen LogP) is 3.67. The predicted molar refractivity (Wildman–Crippen MR) is 57.5 cm³/mol. The molecule has 1 atom stereocenters. The molecule has 2 heteroatoms. The summed E-state index contributed by atoms with van der Waals surface area (Å²) in [5.74, 6) is 0. The van der Waals surface area contributed by atoms with Crippen LogP contribution in [0.15, 0.2) is 23.8 Å². The maximum Gasteiger partial charge on any atom is 0.0245 e. The third-order valence-electron chi connectivity index (χ3n) is 1.94. The average molecular weight is 280 g/mol. The third kappa shape index (κ3) is 2.45. The van der Waals surface area contributed by atoms with E-state index < -0.39 is 0 Å². The van der Waals surface area contributed by atoms with Crippen molar-refractivity contribution < 1.29 is 0 Å². The zero-order valence-electron chi connectivity index (χ0n) is 6.61. The maximum atomic E-state index is 3.53. The Morgan fingerprint density at radius 1 is 1.55 bits per heavy atom. The van der Waals surface area contributed by atoms with E-state index in [2.05, 4.69) is 57.0 Å². The number of hydrogen-bond acceptors (Lipinski definition) is 0. The van der Waals surface area contributed by atoms with E-state index in [1.807, 2.05) is 0 Å². The summed E-state index contributed by atoms with van der Waals surface area (Å²) in [4.78, 5) is 0. The van der Waals surface area contributed by atoms with Crippen LogP contribution in [0.1, 0.15) is 13.3 Å². The molecule has 0 N–H and O–H groups in total. The molecule has 1 aliphatic rings. The molecule has 0 heterocycles. The Balaban J connectivity index is 2.68. The molecule has 0 amide bonds. The lowest BCUT2D eigenvalue weighted by atomic mass is 9.83. The zero-order chi connectivity index (χ0) is 8.32. The van der Waals surface area contributed by atoms with Gasteiger partial charge in [0.2, 0.25) is 0 Å². The van der Waals surface area contributed by atoms with Crippen LogP contribution in [0.2, 0.25) is 0 Å². The van der Waals surface area contributed by atoms with E-state index in [9.17, 15) is 0 Å². The largest absolute Gasteiger partial charge is 0.0919 e. The summed E-state index contributed by atoms with van der Waals surface area (Å²) in [5.41, 5.74) is 1.81. The first-order chi connectivity index (χ1) is 5.20. The SMILES string of the molecule is CC1(CBr)C=CC=C(CBr)C1. The molecular weight excluding hydrogens is 268 g/mol. The first kappa shape index (κ1) is 9.53. The molecule has 0 spiro atoms. The van der Waals surface area contributed by atoms with Gasteiger partial charge in [0, 0.05) is 10.7 Å². The Labute approximate surface area is 85.0 Å². The monoisotopic (exact) mass is 278 g/mol. The van der Waals surface area contributed by atoms with Crippen LogP contribution in [0.3, 0.4) is 0 Å². The van der Waals surface area contributed by atoms with Crippen molar-refractivity contribution in [2.45, 2.75) is 13.3 Å². The van der Waals surface area contributed by atoms with E-state index in [1.165, 1.54) is 12.0 Å². The number of alkyl halides is 2. The van der Waals surface area contributed by atoms with Crippen molar-refractivity contribution >= 4 is 31.9 Å². The highest BCUT2D eigenvalue weighted by molar-refractivity contribution is 9.09. The van der Waals surface area contributed by atoms with Gasteiger partial charge in [0.05, 0.1) is 0 Å². The fourth-order valence-electron chi connectivity index (χ4n) is 1.24. The van der Waals surface area contributed by atoms with Crippen molar-refractivity contribution in [2.24, 2.45) is 5.41 Å². The number of halogens is 2. The summed E-state index contributed by atoms with van der Waals surface area (Å²) >= 11 is 7.00. The third-order valence-corrected chi connectivity index (χ3v) is 3.94. The van der Waals surface area contributed by atoms with Crippen LogP contribution in [-0.2, 0) is 0 Å². The molecule has 0 saturated carbocycles. The first-order valence-corrected chi connectivity index (χ1v) is 5.94. The van der Waals surface area contributed by atoms with Gasteiger partial charge in [0.15, 0.2) is 0 Å². The van der Waals surface area contributed by atoms with Crippen LogP contribution in [0.4, 0.5) is 0 Å². The van der Waals surface area contributed by atoms with E-state index >= 15 is 0 Å². The van der Waals surface area contributed by atoms with E-state index in [0.29, 0.717) is 5.41 Å². The summed E-state index contributed by atoms with van der Waals surface area (Å²) in [6.45, 7) is 2.27. The quantitative estimate of drug-likeness (QED) is 0.677. The van der Waals surface area contributed by atoms with Gasteiger partial charge < -0.3 is 0 Å². The molecule has 1 rings (SSSR count). The first-order valence-electron chi connectivity index (χ1n) is 3.69. The molecular formula is C9H12Br2.